The third-order valence-corrected chi connectivity index (χ3v) is 4.67. The number of carbonyl (C=O) groups is 2. The maximum Gasteiger partial charge on any atom is 0.313 e. The molecule has 2 rings (SSSR count). The molecular formula is C12H19NO3S. The van der Waals surface area contributed by atoms with Crippen molar-refractivity contribution in [3.05, 3.63) is 0 Å². The zero-order valence-electron chi connectivity index (χ0n) is 9.93. The molecule has 1 saturated heterocycles. The molecule has 1 saturated carbocycles. The molecule has 0 spiro atoms. The van der Waals surface area contributed by atoms with E-state index in [4.69, 9.17) is 5.11 Å². The van der Waals surface area contributed by atoms with E-state index in [1.54, 1.807) is 0 Å². The number of carboxylic acids is 1. The SMILES string of the molecule is O=C(O)CSCC(=O)N1CCCC2CCCC21. The molecule has 1 aliphatic carbocycles. The zero-order valence-corrected chi connectivity index (χ0v) is 10.7. The number of fused-ring (bicyclic) bond motifs is 1. The minimum Gasteiger partial charge on any atom is -0.481 e. The Morgan fingerprint density at radius 1 is 1.18 bits per heavy atom. The Labute approximate surface area is 106 Å². The van der Waals surface area contributed by atoms with E-state index in [0.717, 1.165) is 19.4 Å². The lowest BCUT2D eigenvalue weighted by Crippen LogP contribution is -2.47. The van der Waals surface area contributed by atoms with Crippen molar-refractivity contribution in [2.45, 2.75) is 38.1 Å². The quantitative estimate of drug-likeness (QED) is 0.831. The summed E-state index contributed by atoms with van der Waals surface area (Å²) in [5, 5.41) is 8.54. The van der Waals surface area contributed by atoms with E-state index in [1.807, 2.05) is 4.90 Å². The Bertz CT molecular complexity index is 308. The summed E-state index contributed by atoms with van der Waals surface area (Å²) in [6.07, 6.45) is 6.01. The van der Waals surface area contributed by atoms with Gasteiger partial charge in [-0.1, -0.05) is 6.42 Å². The van der Waals surface area contributed by atoms with Gasteiger partial charge in [0.25, 0.3) is 0 Å². The molecule has 1 heterocycles. The van der Waals surface area contributed by atoms with E-state index in [2.05, 4.69) is 0 Å². The van der Waals surface area contributed by atoms with Gasteiger partial charge >= 0.3 is 5.97 Å². The fourth-order valence-electron chi connectivity index (χ4n) is 3.07. The normalized spacial score (nSPS) is 27.9. The molecule has 96 valence electrons. The van der Waals surface area contributed by atoms with Crippen molar-refractivity contribution in [3.63, 3.8) is 0 Å². The number of piperidine rings is 1. The van der Waals surface area contributed by atoms with Crippen molar-refractivity contribution < 1.29 is 14.7 Å². The Kier molecular flexibility index (Phi) is 4.31. The van der Waals surface area contributed by atoms with Crippen LogP contribution in [-0.2, 0) is 9.59 Å². The van der Waals surface area contributed by atoms with E-state index in [9.17, 15) is 9.59 Å². The van der Waals surface area contributed by atoms with Gasteiger partial charge in [-0.3, -0.25) is 9.59 Å². The number of likely N-dealkylation sites (tertiary alicyclic amines) is 1. The first-order chi connectivity index (χ1) is 8.18. The third-order valence-electron chi connectivity index (χ3n) is 3.76. The molecule has 0 aromatic heterocycles. The largest absolute Gasteiger partial charge is 0.481 e. The monoisotopic (exact) mass is 257 g/mol. The summed E-state index contributed by atoms with van der Waals surface area (Å²) >= 11 is 1.21. The van der Waals surface area contributed by atoms with Gasteiger partial charge in [-0.15, -0.1) is 11.8 Å². The number of aliphatic carboxylic acids is 1. The van der Waals surface area contributed by atoms with Gasteiger partial charge in [0.05, 0.1) is 11.5 Å². The van der Waals surface area contributed by atoms with E-state index in [0.29, 0.717) is 17.7 Å². The summed E-state index contributed by atoms with van der Waals surface area (Å²) in [5.41, 5.74) is 0. The lowest BCUT2D eigenvalue weighted by molar-refractivity contribution is -0.134. The van der Waals surface area contributed by atoms with Crippen molar-refractivity contribution in [2.24, 2.45) is 5.92 Å². The minimum atomic E-state index is -0.847. The Morgan fingerprint density at radius 3 is 2.71 bits per heavy atom. The summed E-state index contributed by atoms with van der Waals surface area (Å²) in [7, 11) is 0. The number of carboxylic acid groups (broad SMARTS) is 1. The van der Waals surface area contributed by atoms with Gasteiger partial charge in [-0.05, 0) is 31.6 Å². The van der Waals surface area contributed by atoms with Crippen LogP contribution in [-0.4, -0.2) is 46.0 Å². The van der Waals surface area contributed by atoms with Crippen molar-refractivity contribution in [1.29, 1.82) is 0 Å². The maximum absolute atomic E-state index is 12.0. The summed E-state index contributed by atoms with van der Waals surface area (Å²) < 4.78 is 0. The number of amides is 1. The average molecular weight is 257 g/mol. The molecule has 17 heavy (non-hydrogen) atoms. The highest BCUT2D eigenvalue weighted by Crippen LogP contribution is 2.36. The number of hydrogen-bond acceptors (Lipinski definition) is 3. The van der Waals surface area contributed by atoms with Crippen LogP contribution in [0.15, 0.2) is 0 Å². The Balaban J connectivity index is 1.83. The number of thioether (sulfide) groups is 1. The molecule has 1 N–H and O–H groups in total. The van der Waals surface area contributed by atoms with Gasteiger partial charge in [0.2, 0.25) is 5.91 Å². The molecule has 2 fully saturated rings. The summed E-state index contributed by atoms with van der Waals surface area (Å²) in [6.45, 7) is 0.869. The molecule has 5 heteroatoms. The zero-order chi connectivity index (χ0) is 12.3. The molecule has 0 aromatic rings. The van der Waals surface area contributed by atoms with E-state index >= 15 is 0 Å². The van der Waals surface area contributed by atoms with E-state index in [-0.39, 0.29) is 11.7 Å². The first-order valence-corrected chi connectivity index (χ1v) is 7.43. The van der Waals surface area contributed by atoms with Gasteiger partial charge in [0.1, 0.15) is 0 Å². The molecule has 4 nitrogen and oxygen atoms in total. The van der Waals surface area contributed by atoms with Crippen molar-refractivity contribution >= 4 is 23.6 Å². The van der Waals surface area contributed by atoms with Crippen molar-refractivity contribution in [2.75, 3.05) is 18.1 Å². The lowest BCUT2D eigenvalue weighted by atomic mass is 9.92. The number of rotatable bonds is 4. The second-order valence-corrected chi connectivity index (χ2v) is 5.86. The van der Waals surface area contributed by atoms with E-state index in [1.165, 1.54) is 31.0 Å². The highest BCUT2D eigenvalue weighted by Gasteiger charge is 2.36. The standard InChI is InChI=1S/C12H19NO3S/c14-11(7-17-8-12(15)16)13-6-2-4-9-3-1-5-10(9)13/h9-10H,1-8H2,(H,15,16). The van der Waals surface area contributed by atoms with E-state index < -0.39 is 5.97 Å². The van der Waals surface area contributed by atoms with Gasteiger partial charge in [-0.2, -0.15) is 0 Å². The van der Waals surface area contributed by atoms with Crippen molar-refractivity contribution in [3.8, 4) is 0 Å². The maximum atomic E-state index is 12.0. The first kappa shape index (κ1) is 12.7. The van der Waals surface area contributed by atoms with Crippen LogP contribution in [0.2, 0.25) is 0 Å². The average Bonchev–Trinajstić information content (AvgIpc) is 2.75. The smallest absolute Gasteiger partial charge is 0.313 e. The topological polar surface area (TPSA) is 57.6 Å². The molecule has 0 aromatic carbocycles. The minimum absolute atomic E-state index is 0.0215. The first-order valence-electron chi connectivity index (χ1n) is 6.27. The van der Waals surface area contributed by atoms with Gasteiger partial charge in [0.15, 0.2) is 0 Å². The molecule has 1 amide bonds. The van der Waals surface area contributed by atoms with Crippen LogP contribution in [0.3, 0.4) is 0 Å². The molecule has 0 radical (unpaired) electrons. The Morgan fingerprint density at radius 2 is 1.94 bits per heavy atom. The van der Waals surface area contributed by atoms with Gasteiger partial charge in [0, 0.05) is 12.6 Å². The number of carbonyl (C=O) groups excluding carboxylic acids is 1. The Hall–Kier alpha value is -0.710. The van der Waals surface area contributed by atoms with Crippen LogP contribution >= 0.6 is 11.8 Å². The molecule has 2 aliphatic rings. The molecular weight excluding hydrogens is 238 g/mol. The summed E-state index contributed by atoms with van der Waals surface area (Å²) in [6, 6.07) is 0.446. The van der Waals surface area contributed by atoms with Crippen LogP contribution < -0.4 is 0 Å². The summed E-state index contributed by atoms with van der Waals surface area (Å²) in [5.74, 6) is 0.327. The van der Waals surface area contributed by atoms with Crippen LogP contribution in [0.1, 0.15) is 32.1 Å². The predicted molar refractivity (Wildman–Crippen MR) is 67.0 cm³/mol. The fraction of sp³-hybridized carbons (Fsp3) is 0.833. The highest BCUT2D eigenvalue weighted by atomic mass is 32.2. The van der Waals surface area contributed by atoms with Crippen molar-refractivity contribution in [1.82, 2.24) is 4.90 Å². The number of nitrogens with zero attached hydrogens (tertiary/aromatic N) is 1. The molecule has 0 bridgehead atoms. The molecule has 1 aliphatic heterocycles. The van der Waals surface area contributed by atoms with Crippen LogP contribution in [0.5, 0.6) is 0 Å². The fourth-order valence-corrected chi connectivity index (χ4v) is 3.69. The third kappa shape index (κ3) is 3.15. The van der Waals surface area contributed by atoms with Crippen LogP contribution in [0.25, 0.3) is 0 Å². The summed E-state index contributed by atoms with van der Waals surface area (Å²) in [4.78, 5) is 24.4. The predicted octanol–water partition coefficient (Wildman–Crippen LogP) is 1.60. The highest BCUT2D eigenvalue weighted by molar-refractivity contribution is 8.00. The second kappa shape index (κ2) is 5.76. The lowest BCUT2D eigenvalue weighted by Gasteiger charge is -2.37. The second-order valence-electron chi connectivity index (χ2n) is 4.87. The molecule has 2 unspecified atom stereocenters. The van der Waals surface area contributed by atoms with Crippen LogP contribution in [0.4, 0.5) is 0 Å². The van der Waals surface area contributed by atoms with Crippen LogP contribution in [0, 0.1) is 5.92 Å². The molecule has 2 atom stereocenters. The van der Waals surface area contributed by atoms with Gasteiger partial charge in [-0.25, -0.2) is 0 Å². The number of hydrogen-bond donors (Lipinski definition) is 1. The van der Waals surface area contributed by atoms with Gasteiger partial charge < -0.3 is 10.0 Å².